The summed E-state index contributed by atoms with van der Waals surface area (Å²) in [7, 11) is 0. The van der Waals surface area contributed by atoms with Crippen LogP contribution in [0.25, 0.3) is 0 Å². The van der Waals surface area contributed by atoms with Crippen LogP contribution in [0.2, 0.25) is 5.02 Å². The molecule has 33 heavy (non-hydrogen) atoms. The van der Waals surface area contributed by atoms with E-state index in [4.69, 9.17) is 11.6 Å². The van der Waals surface area contributed by atoms with Crippen LogP contribution < -0.4 is 5.32 Å². The van der Waals surface area contributed by atoms with Gasteiger partial charge in [-0.05, 0) is 67.9 Å². The predicted octanol–water partition coefficient (Wildman–Crippen LogP) is 6.29. The summed E-state index contributed by atoms with van der Waals surface area (Å²) >= 11 is 6.04. The van der Waals surface area contributed by atoms with E-state index < -0.39 is 6.04 Å². The van der Waals surface area contributed by atoms with Crippen molar-refractivity contribution in [2.24, 2.45) is 0 Å². The van der Waals surface area contributed by atoms with E-state index in [9.17, 15) is 9.59 Å². The third-order valence-electron chi connectivity index (χ3n) is 5.60. The molecule has 2 rings (SSSR count). The third kappa shape index (κ3) is 8.51. The van der Waals surface area contributed by atoms with Gasteiger partial charge in [-0.3, -0.25) is 9.59 Å². The zero-order valence-corrected chi connectivity index (χ0v) is 21.9. The second-order valence-corrected chi connectivity index (χ2v) is 11.2. The number of carbonyl (C=O) groups is 2. The molecule has 0 bridgehead atoms. The SMILES string of the molecule is CC[C@H](C(=O)NC(C)(C)C)N(Cc1ccc(Cl)cc1)C(=O)CCc1ccc(C(C)(C)C)cc1. The van der Waals surface area contributed by atoms with Crippen LogP contribution in [0.15, 0.2) is 48.5 Å². The van der Waals surface area contributed by atoms with Gasteiger partial charge in [0.1, 0.15) is 6.04 Å². The normalized spacial score (nSPS) is 12.8. The van der Waals surface area contributed by atoms with Crippen molar-refractivity contribution in [2.45, 2.75) is 91.3 Å². The predicted molar refractivity (Wildman–Crippen MR) is 137 cm³/mol. The summed E-state index contributed by atoms with van der Waals surface area (Å²) in [6, 6.07) is 15.4. The van der Waals surface area contributed by atoms with E-state index in [-0.39, 0.29) is 22.8 Å². The Morgan fingerprint density at radius 3 is 1.94 bits per heavy atom. The molecule has 0 saturated carbocycles. The molecule has 0 heterocycles. The number of benzene rings is 2. The molecule has 0 spiro atoms. The average Bonchev–Trinajstić information content (AvgIpc) is 2.71. The highest BCUT2D eigenvalue weighted by atomic mass is 35.5. The van der Waals surface area contributed by atoms with Crippen LogP contribution in [0, 0.1) is 0 Å². The summed E-state index contributed by atoms with van der Waals surface area (Å²) in [5, 5.41) is 3.69. The van der Waals surface area contributed by atoms with Gasteiger partial charge in [-0.1, -0.05) is 75.7 Å². The van der Waals surface area contributed by atoms with Crippen LogP contribution >= 0.6 is 11.6 Å². The van der Waals surface area contributed by atoms with Gasteiger partial charge in [0.15, 0.2) is 0 Å². The number of carbonyl (C=O) groups excluding carboxylic acids is 2. The fourth-order valence-electron chi connectivity index (χ4n) is 3.73. The molecule has 0 unspecified atom stereocenters. The number of amides is 2. The molecule has 0 aliphatic rings. The van der Waals surface area contributed by atoms with Gasteiger partial charge >= 0.3 is 0 Å². The van der Waals surface area contributed by atoms with E-state index >= 15 is 0 Å². The van der Waals surface area contributed by atoms with Crippen LogP contribution in [0.3, 0.4) is 0 Å². The Kier molecular flexibility index (Phi) is 9.13. The van der Waals surface area contributed by atoms with Crippen LogP contribution in [0.4, 0.5) is 0 Å². The lowest BCUT2D eigenvalue weighted by Crippen LogP contribution is -2.53. The van der Waals surface area contributed by atoms with Gasteiger partial charge in [0.25, 0.3) is 0 Å². The maximum absolute atomic E-state index is 13.4. The zero-order valence-electron chi connectivity index (χ0n) is 21.2. The summed E-state index contributed by atoms with van der Waals surface area (Å²) in [4.78, 5) is 28.2. The molecule has 0 saturated heterocycles. The van der Waals surface area contributed by atoms with Gasteiger partial charge in [-0.15, -0.1) is 0 Å². The van der Waals surface area contributed by atoms with E-state index in [1.165, 1.54) is 5.56 Å². The first kappa shape index (κ1) is 26.9. The van der Waals surface area contributed by atoms with Gasteiger partial charge in [0.2, 0.25) is 11.8 Å². The minimum absolute atomic E-state index is 0.0271. The lowest BCUT2D eigenvalue weighted by Gasteiger charge is -2.33. The van der Waals surface area contributed by atoms with Crippen molar-refractivity contribution in [1.82, 2.24) is 10.2 Å². The first-order valence-corrected chi connectivity index (χ1v) is 12.1. The molecule has 0 aromatic heterocycles. The second kappa shape index (κ2) is 11.2. The summed E-state index contributed by atoms with van der Waals surface area (Å²) in [5.74, 6) is -0.150. The van der Waals surface area contributed by atoms with Crippen molar-refractivity contribution < 1.29 is 9.59 Å². The number of hydrogen-bond acceptors (Lipinski definition) is 2. The van der Waals surface area contributed by atoms with Gasteiger partial charge in [0, 0.05) is 23.5 Å². The molecule has 2 aromatic rings. The molecule has 0 aliphatic heterocycles. The average molecular weight is 471 g/mol. The molecule has 0 fully saturated rings. The van der Waals surface area contributed by atoms with Crippen molar-refractivity contribution in [2.75, 3.05) is 0 Å². The smallest absolute Gasteiger partial charge is 0.243 e. The summed E-state index contributed by atoms with van der Waals surface area (Å²) in [5.41, 5.74) is 3.07. The Morgan fingerprint density at radius 1 is 0.909 bits per heavy atom. The molecule has 2 amide bonds. The van der Waals surface area contributed by atoms with Crippen LogP contribution in [0.5, 0.6) is 0 Å². The topological polar surface area (TPSA) is 49.4 Å². The van der Waals surface area contributed by atoms with Crippen molar-refractivity contribution >= 4 is 23.4 Å². The third-order valence-corrected chi connectivity index (χ3v) is 5.85. The first-order chi connectivity index (χ1) is 15.3. The van der Waals surface area contributed by atoms with E-state index in [1.54, 1.807) is 4.90 Å². The van der Waals surface area contributed by atoms with Crippen molar-refractivity contribution in [1.29, 1.82) is 0 Å². The van der Waals surface area contributed by atoms with Gasteiger partial charge in [0.05, 0.1) is 0 Å². The van der Waals surface area contributed by atoms with E-state index in [2.05, 4.69) is 50.4 Å². The fraction of sp³-hybridized carbons (Fsp3) is 0.500. The van der Waals surface area contributed by atoms with Crippen molar-refractivity contribution in [3.63, 3.8) is 0 Å². The fourth-order valence-corrected chi connectivity index (χ4v) is 3.85. The number of halogens is 1. The largest absolute Gasteiger partial charge is 0.350 e. The highest BCUT2D eigenvalue weighted by Gasteiger charge is 2.30. The molecular weight excluding hydrogens is 432 g/mol. The molecule has 5 heteroatoms. The molecule has 0 aliphatic carbocycles. The minimum atomic E-state index is -0.532. The molecule has 1 atom stereocenters. The number of nitrogens with zero attached hydrogens (tertiary/aromatic N) is 1. The van der Waals surface area contributed by atoms with Crippen LogP contribution in [0.1, 0.15) is 78.0 Å². The quantitative estimate of drug-likeness (QED) is 0.492. The van der Waals surface area contributed by atoms with Gasteiger partial charge < -0.3 is 10.2 Å². The Hall–Kier alpha value is -2.33. The Balaban J connectivity index is 2.20. The van der Waals surface area contributed by atoms with Crippen molar-refractivity contribution in [3.05, 3.63) is 70.2 Å². The molecule has 4 nitrogen and oxygen atoms in total. The van der Waals surface area contributed by atoms with E-state index in [0.717, 1.165) is 11.1 Å². The highest BCUT2D eigenvalue weighted by Crippen LogP contribution is 2.23. The van der Waals surface area contributed by atoms with Gasteiger partial charge in [-0.2, -0.15) is 0 Å². The highest BCUT2D eigenvalue weighted by molar-refractivity contribution is 6.30. The number of hydrogen-bond donors (Lipinski definition) is 1. The monoisotopic (exact) mass is 470 g/mol. The molecule has 1 N–H and O–H groups in total. The molecule has 180 valence electrons. The molecule has 0 radical (unpaired) electrons. The molecular formula is C28H39ClN2O2. The van der Waals surface area contributed by atoms with E-state index in [1.807, 2.05) is 52.0 Å². The van der Waals surface area contributed by atoms with Gasteiger partial charge in [-0.25, -0.2) is 0 Å². The summed E-state index contributed by atoms with van der Waals surface area (Å²) < 4.78 is 0. The summed E-state index contributed by atoms with van der Waals surface area (Å²) in [6.45, 7) is 14.7. The standard InChI is InChI=1S/C28H39ClN2O2/c1-8-24(26(33)30-28(5,6)7)31(19-21-11-16-23(29)17-12-21)25(32)18-13-20-9-14-22(15-10-20)27(2,3)4/h9-12,14-17,24H,8,13,18-19H2,1-7H3,(H,30,33)/t24-/m1/s1. The second-order valence-electron chi connectivity index (χ2n) is 10.8. The maximum atomic E-state index is 13.4. The maximum Gasteiger partial charge on any atom is 0.243 e. The van der Waals surface area contributed by atoms with Crippen LogP contribution in [-0.2, 0) is 28.0 Å². The Labute approximate surface area is 204 Å². The Bertz CT molecular complexity index is 922. The number of nitrogens with one attached hydrogen (secondary N) is 1. The van der Waals surface area contributed by atoms with E-state index in [0.29, 0.717) is 30.8 Å². The first-order valence-electron chi connectivity index (χ1n) is 11.8. The minimum Gasteiger partial charge on any atom is -0.350 e. The van der Waals surface area contributed by atoms with Crippen LogP contribution in [-0.4, -0.2) is 28.3 Å². The summed E-state index contributed by atoms with van der Waals surface area (Å²) in [6.07, 6.45) is 1.53. The zero-order chi connectivity index (χ0) is 24.8. The Morgan fingerprint density at radius 2 is 1.45 bits per heavy atom. The molecule has 2 aromatic carbocycles. The number of aryl methyl sites for hydroxylation is 1. The number of rotatable bonds is 8. The lowest BCUT2D eigenvalue weighted by molar-refractivity contribution is -0.142. The lowest BCUT2D eigenvalue weighted by atomic mass is 9.86. The van der Waals surface area contributed by atoms with Crippen molar-refractivity contribution in [3.8, 4) is 0 Å².